The highest BCUT2D eigenvalue weighted by molar-refractivity contribution is 5.99. The zero-order valence-corrected chi connectivity index (χ0v) is 13.6. The molecule has 112 valence electrons. The zero-order valence-electron chi connectivity index (χ0n) is 13.6. The number of aliphatic carboxylic acids is 1. The molecule has 0 spiro atoms. The van der Waals surface area contributed by atoms with Crippen LogP contribution in [0.1, 0.15) is 60.8 Å². The molecule has 0 fully saturated rings. The first kappa shape index (κ1) is 16.7. The van der Waals surface area contributed by atoms with Crippen molar-refractivity contribution in [2.24, 2.45) is 10.4 Å². The lowest BCUT2D eigenvalue weighted by Crippen LogP contribution is -2.20. The van der Waals surface area contributed by atoms with Crippen molar-refractivity contribution in [1.29, 1.82) is 0 Å². The van der Waals surface area contributed by atoms with E-state index in [9.17, 15) is 4.79 Å². The largest absolute Gasteiger partial charge is 0.480 e. The third kappa shape index (κ3) is 4.06. The van der Waals surface area contributed by atoms with E-state index < -0.39 is 12.0 Å². The summed E-state index contributed by atoms with van der Waals surface area (Å²) < 4.78 is 0. The highest BCUT2D eigenvalue weighted by Crippen LogP contribution is 2.41. The SMILES string of the molecule is CC(=NC(C)C(=O)O)/C(C)=C/C1=C(C)CCCC1(C)C. The average molecular weight is 277 g/mol. The summed E-state index contributed by atoms with van der Waals surface area (Å²) in [4.78, 5) is 15.1. The number of hydrogen-bond donors (Lipinski definition) is 1. The van der Waals surface area contributed by atoms with Crippen molar-refractivity contribution >= 4 is 11.7 Å². The molecule has 1 aliphatic rings. The van der Waals surface area contributed by atoms with E-state index in [1.807, 2.05) is 13.8 Å². The molecule has 1 atom stereocenters. The molecule has 1 unspecified atom stereocenters. The van der Waals surface area contributed by atoms with E-state index in [4.69, 9.17) is 5.11 Å². The highest BCUT2D eigenvalue weighted by Gasteiger charge is 2.27. The van der Waals surface area contributed by atoms with Gasteiger partial charge in [-0.2, -0.15) is 0 Å². The van der Waals surface area contributed by atoms with Crippen molar-refractivity contribution in [2.75, 3.05) is 0 Å². The van der Waals surface area contributed by atoms with E-state index in [-0.39, 0.29) is 5.41 Å². The molecule has 0 aromatic heterocycles. The number of rotatable bonds is 4. The van der Waals surface area contributed by atoms with E-state index in [0.717, 1.165) is 17.7 Å². The van der Waals surface area contributed by atoms with Crippen LogP contribution in [-0.2, 0) is 4.79 Å². The molecule has 0 bridgehead atoms. The topological polar surface area (TPSA) is 49.7 Å². The molecule has 0 amide bonds. The summed E-state index contributed by atoms with van der Waals surface area (Å²) >= 11 is 0. The number of aliphatic imine (C=N–C) groups is 1. The summed E-state index contributed by atoms with van der Waals surface area (Å²) in [5.41, 5.74) is 4.89. The Bertz CT molecular complexity index is 481. The third-order valence-electron chi connectivity index (χ3n) is 4.22. The number of carbonyl (C=O) groups is 1. The molecular weight excluding hydrogens is 250 g/mol. The van der Waals surface area contributed by atoms with Crippen molar-refractivity contribution in [3.63, 3.8) is 0 Å². The normalized spacial score (nSPS) is 21.9. The molecule has 0 aromatic carbocycles. The van der Waals surface area contributed by atoms with Crippen LogP contribution in [0.3, 0.4) is 0 Å². The monoisotopic (exact) mass is 277 g/mol. The molecule has 20 heavy (non-hydrogen) atoms. The lowest BCUT2D eigenvalue weighted by Gasteiger charge is -2.33. The smallest absolute Gasteiger partial charge is 0.328 e. The quantitative estimate of drug-likeness (QED) is 0.775. The Kier molecular flexibility index (Phi) is 5.32. The standard InChI is InChI=1S/C17H27NO2/c1-11-8-7-9-17(5,6)15(11)10-12(2)13(3)18-14(4)16(19)20/h10,14H,7-9H2,1-6H3,(H,19,20)/b12-10+,18-13?. The van der Waals surface area contributed by atoms with Crippen molar-refractivity contribution < 1.29 is 9.90 Å². The van der Waals surface area contributed by atoms with E-state index in [1.54, 1.807) is 6.92 Å². The fraction of sp³-hybridized carbons (Fsp3) is 0.647. The second-order valence-electron chi connectivity index (χ2n) is 6.49. The number of allylic oxidation sites excluding steroid dienone is 4. The van der Waals surface area contributed by atoms with Crippen LogP contribution in [0.15, 0.2) is 27.8 Å². The minimum absolute atomic E-state index is 0.197. The number of nitrogens with zero attached hydrogens (tertiary/aromatic N) is 1. The Morgan fingerprint density at radius 3 is 2.50 bits per heavy atom. The maximum Gasteiger partial charge on any atom is 0.328 e. The number of carboxylic acid groups (broad SMARTS) is 1. The van der Waals surface area contributed by atoms with Gasteiger partial charge in [0, 0.05) is 5.71 Å². The Balaban J connectivity index is 3.07. The molecule has 3 heteroatoms. The molecule has 0 heterocycles. The van der Waals surface area contributed by atoms with Gasteiger partial charge in [0.25, 0.3) is 0 Å². The Morgan fingerprint density at radius 2 is 2.00 bits per heavy atom. The Morgan fingerprint density at radius 1 is 1.40 bits per heavy atom. The summed E-state index contributed by atoms with van der Waals surface area (Å²) in [6.45, 7) is 12.3. The van der Waals surface area contributed by atoms with Crippen molar-refractivity contribution in [1.82, 2.24) is 0 Å². The first-order valence-electron chi connectivity index (χ1n) is 7.31. The fourth-order valence-electron chi connectivity index (χ4n) is 2.73. The predicted molar refractivity (Wildman–Crippen MR) is 84.3 cm³/mol. The predicted octanol–water partition coefficient (Wildman–Crippen LogP) is 4.39. The van der Waals surface area contributed by atoms with Crippen LogP contribution >= 0.6 is 0 Å². The van der Waals surface area contributed by atoms with Crippen LogP contribution in [0.4, 0.5) is 0 Å². The fourth-order valence-corrected chi connectivity index (χ4v) is 2.73. The van der Waals surface area contributed by atoms with Crippen LogP contribution < -0.4 is 0 Å². The third-order valence-corrected chi connectivity index (χ3v) is 4.22. The first-order chi connectivity index (χ1) is 9.15. The van der Waals surface area contributed by atoms with Gasteiger partial charge in [-0.15, -0.1) is 0 Å². The molecule has 0 aliphatic heterocycles. The lowest BCUT2D eigenvalue weighted by atomic mass is 9.72. The summed E-state index contributed by atoms with van der Waals surface area (Å²) in [6, 6.07) is -0.687. The van der Waals surface area contributed by atoms with Gasteiger partial charge in [-0.3, -0.25) is 4.99 Å². The van der Waals surface area contributed by atoms with Gasteiger partial charge in [-0.1, -0.05) is 25.5 Å². The van der Waals surface area contributed by atoms with E-state index in [0.29, 0.717) is 0 Å². The molecule has 1 aliphatic carbocycles. The molecule has 3 nitrogen and oxygen atoms in total. The molecule has 1 rings (SSSR count). The van der Waals surface area contributed by atoms with Crippen LogP contribution in [-0.4, -0.2) is 22.8 Å². The number of hydrogen-bond acceptors (Lipinski definition) is 2. The first-order valence-corrected chi connectivity index (χ1v) is 7.31. The van der Waals surface area contributed by atoms with Gasteiger partial charge in [0.1, 0.15) is 6.04 Å². The molecule has 0 aromatic rings. The highest BCUT2D eigenvalue weighted by atomic mass is 16.4. The molecule has 0 saturated carbocycles. The maximum absolute atomic E-state index is 10.9. The Hall–Kier alpha value is -1.38. The summed E-state index contributed by atoms with van der Waals surface area (Å²) in [5.74, 6) is -0.884. The van der Waals surface area contributed by atoms with Crippen LogP contribution in [0, 0.1) is 5.41 Å². The summed E-state index contributed by atoms with van der Waals surface area (Å²) in [7, 11) is 0. The number of carboxylic acids is 1. The van der Waals surface area contributed by atoms with Crippen molar-refractivity contribution in [3.05, 3.63) is 22.8 Å². The van der Waals surface area contributed by atoms with E-state index in [1.165, 1.54) is 24.0 Å². The van der Waals surface area contributed by atoms with Crippen LogP contribution in [0.25, 0.3) is 0 Å². The second-order valence-corrected chi connectivity index (χ2v) is 6.49. The molecule has 0 radical (unpaired) electrons. The van der Waals surface area contributed by atoms with Gasteiger partial charge >= 0.3 is 5.97 Å². The van der Waals surface area contributed by atoms with Gasteiger partial charge in [0.2, 0.25) is 0 Å². The molecular formula is C17H27NO2. The summed E-state index contributed by atoms with van der Waals surface area (Å²) in [6.07, 6.45) is 5.80. The van der Waals surface area contributed by atoms with Gasteiger partial charge < -0.3 is 5.11 Å². The van der Waals surface area contributed by atoms with Crippen LogP contribution in [0.5, 0.6) is 0 Å². The van der Waals surface area contributed by atoms with Gasteiger partial charge in [-0.05, 0) is 63.5 Å². The zero-order chi connectivity index (χ0) is 15.5. The Labute approximate surface area is 122 Å². The van der Waals surface area contributed by atoms with Gasteiger partial charge in [0.05, 0.1) is 0 Å². The molecule has 0 saturated heterocycles. The average Bonchev–Trinajstić information content (AvgIpc) is 2.33. The van der Waals surface area contributed by atoms with Crippen molar-refractivity contribution in [3.8, 4) is 0 Å². The van der Waals surface area contributed by atoms with E-state index in [2.05, 4.69) is 31.8 Å². The van der Waals surface area contributed by atoms with Crippen LogP contribution in [0.2, 0.25) is 0 Å². The van der Waals surface area contributed by atoms with E-state index >= 15 is 0 Å². The van der Waals surface area contributed by atoms with Crippen molar-refractivity contribution in [2.45, 2.75) is 66.8 Å². The lowest BCUT2D eigenvalue weighted by molar-refractivity contribution is -0.137. The second kappa shape index (κ2) is 6.38. The maximum atomic E-state index is 10.9. The summed E-state index contributed by atoms with van der Waals surface area (Å²) in [5, 5.41) is 8.92. The minimum atomic E-state index is -0.884. The minimum Gasteiger partial charge on any atom is -0.480 e. The molecule has 1 N–H and O–H groups in total. The van der Waals surface area contributed by atoms with Gasteiger partial charge in [0.15, 0.2) is 0 Å². The van der Waals surface area contributed by atoms with Gasteiger partial charge in [-0.25, -0.2) is 4.79 Å².